The topological polar surface area (TPSA) is 68.6 Å². The van der Waals surface area contributed by atoms with E-state index in [0.717, 1.165) is 54.0 Å². The summed E-state index contributed by atoms with van der Waals surface area (Å²) >= 11 is 0. The van der Waals surface area contributed by atoms with Gasteiger partial charge in [-0.1, -0.05) is 36.4 Å². The lowest BCUT2D eigenvalue weighted by Crippen LogP contribution is -2.35. The van der Waals surface area contributed by atoms with Crippen molar-refractivity contribution >= 4 is 5.91 Å². The molecule has 1 amide bonds. The average molecular weight is 433 g/mol. The maximum absolute atomic E-state index is 13.2. The van der Waals surface area contributed by atoms with Crippen molar-refractivity contribution in [2.45, 2.75) is 38.4 Å². The van der Waals surface area contributed by atoms with Gasteiger partial charge in [-0.3, -0.25) is 9.48 Å². The second kappa shape index (κ2) is 8.67. The molecule has 32 heavy (non-hydrogen) atoms. The minimum Gasteiger partial charge on any atom is -0.454 e. The Labute approximate surface area is 187 Å². The van der Waals surface area contributed by atoms with Gasteiger partial charge in [-0.15, -0.1) is 0 Å². The van der Waals surface area contributed by atoms with Gasteiger partial charge in [-0.05, 0) is 42.5 Å². The van der Waals surface area contributed by atoms with Crippen molar-refractivity contribution in [2.24, 2.45) is 7.05 Å². The molecule has 1 N–H and O–H groups in total. The second-order valence-corrected chi connectivity index (χ2v) is 8.55. The first kappa shape index (κ1) is 20.6. The number of aryl methyl sites for hydroxylation is 1. The number of amides is 1. The highest BCUT2D eigenvalue weighted by atomic mass is 16.7. The standard InChI is InChI=1S/C25H28N4O3/c1-28(15-17-6-4-3-5-7-17)25(30)24-20-13-19(9-10-21(20)29(2)27-24)26-14-18-8-11-22-23(12-18)32-16-31-22/h3-8,11-12,19,26H,9-10,13-16H2,1-2H3/t19-/m1/s1. The van der Waals surface area contributed by atoms with Crippen LogP contribution in [0, 0.1) is 0 Å². The zero-order chi connectivity index (χ0) is 22.1. The van der Waals surface area contributed by atoms with Gasteiger partial charge in [0.1, 0.15) is 0 Å². The van der Waals surface area contributed by atoms with Crippen molar-refractivity contribution in [3.8, 4) is 11.5 Å². The number of hydrogen-bond donors (Lipinski definition) is 1. The van der Waals surface area contributed by atoms with Crippen LogP contribution >= 0.6 is 0 Å². The smallest absolute Gasteiger partial charge is 0.274 e. The zero-order valence-electron chi connectivity index (χ0n) is 18.5. The first-order valence-electron chi connectivity index (χ1n) is 11.0. The minimum atomic E-state index is -0.0258. The van der Waals surface area contributed by atoms with Gasteiger partial charge in [0.15, 0.2) is 17.2 Å². The number of carbonyl (C=O) groups excluding carboxylic acids is 1. The van der Waals surface area contributed by atoms with Gasteiger partial charge in [-0.2, -0.15) is 5.10 Å². The van der Waals surface area contributed by atoms with E-state index in [-0.39, 0.29) is 12.7 Å². The Kier molecular flexibility index (Phi) is 5.57. The highest BCUT2D eigenvalue weighted by Gasteiger charge is 2.29. The summed E-state index contributed by atoms with van der Waals surface area (Å²) in [6.45, 7) is 1.60. The second-order valence-electron chi connectivity index (χ2n) is 8.55. The lowest BCUT2D eigenvalue weighted by atomic mass is 9.91. The van der Waals surface area contributed by atoms with Crippen LogP contribution in [0.1, 0.15) is 39.3 Å². The van der Waals surface area contributed by atoms with Crippen molar-refractivity contribution < 1.29 is 14.3 Å². The molecule has 0 saturated carbocycles. The van der Waals surface area contributed by atoms with Gasteiger partial charge in [0.2, 0.25) is 6.79 Å². The largest absolute Gasteiger partial charge is 0.454 e. The van der Waals surface area contributed by atoms with Crippen molar-refractivity contribution in [3.05, 3.63) is 76.6 Å². The summed E-state index contributed by atoms with van der Waals surface area (Å²) < 4.78 is 12.8. The van der Waals surface area contributed by atoms with Crippen LogP contribution in [-0.4, -0.2) is 40.5 Å². The maximum atomic E-state index is 13.2. The minimum absolute atomic E-state index is 0.0258. The van der Waals surface area contributed by atoms with E-state index in [0.29, 0.717) is 18.3 Å². The Morgan fingerprint density at radius 1 is 1.16 bits per heavy atom. The Balaban J connectivity index is 1.27. The normalized spacial score (nSPS) is 16.6. The van der Waals surface area contributed by atoms with E-state index < -0.39 is 0 Å². The molecule has 0 spiro atoms. The van der Waals surface area contributed by atoms with Crippen LogP contribution in [0.4, 0.5) is 0 Å². The molecule has 0 saturated heterocycles. The average Bonchev–Trinajstić information content (AvgIpc) is 3.41. The van der Waals surface area contributed by atoms with Crippen LogP contribution in [0.5, 0.6) is 11.5 Å². The molecule has 0 radical (unpaired) electrons. The Bertz CT molecular complexity index is 1130. The van der Waals surface area contributed by atoms with Crippen molar-refractivity contribution in [1.29, 1.82) is 0 Å². The number of nitrogens with zero attached hydrogens (tertiary/aromatic N) is 3. The van der Waals surface area contributed by atoms with Crippen molar-refractivity contribution in [2.75, 3.05) is 13.8 Å². The molecule has 2 heterocycles. The van der Waals surface area contributed by atoms with E-state index in [1.807, 2.05) is 61.2 Å². The fraction of sp³-hybridized carbons (Fsp3) is 0.360. The molecular weight excluding hydrogens is 404 g/mol. The van der Waals surface area contributed by atoms with E-state index in [9.17, 15) is 4.79 Å². The van der Waals surface area contributed by atoms with Crippen molar-refractivity contribution in [1.82, 2.24) is 20.0 Å². The molecule has 0 unspecified atom stereocenters. The van der Waals surface area contributed by atoms with Gasteiger partial charge in [0.05, 0.1) is 0 Å². The van der Waals surface area contributed by atoms with Gasteiger partial charge in [0, 0.05) is 44.5 Å². The zero-order valence-corrected chi connectivity index (χ0v) is 18.5. The molecule has 0 fully saturated rings. The van der Waals surface area contributed by atoms with Crippen LogP contribution in [0.2, 0.25) is 0 Å². The van der Waals surface area contributed by atoms with Crippen molar-refractivity contribution in [3.63, 3.8) is 0 Å². The number of rotatable bonds is 6. The molecule has 0 bridgehead atoms. The van der Waals surface area contributed by atoms with Crippen LogP contribution < -0.4 is 14.8 Å². The van der Waals surface area contributed by atoms with Gasteiger partial charge in [0.25, 0.3) is 5.91 Å². The van der Waals surface area contributed by atoms with E-state index in [1.165, 1.54) is 5.69 Å². The number of ether oxygens (including phenoxy) is 2. The van der Waals surface area contributed by atoms with Crippen LogP contribution in [0.25, 0.3) is 0 Å². The molecule has 7 nitrogen and oxygen atoms in total. The van der Waals surface area contributed by atoms with Crippen LogP contribution in [-0.2, 0) is 33.0 Å². The molecule has 3 aromatic rings. The Hall–Kier alpha value is -3.32. The first-order valence-corrected chi connectivity index (χ1v) is 11.0. The Morgan fingerprint density at radius 2 is 1.97 bits per heavy atom. The number of aromatic nitrogens is 2. The fourth-order valence-corrected chi connectivity index (χ4v) is 4.56. The molecule has 1 aliphatic heterocycles. The monoisotopic (exact) mass is 432 g/mol. The lowest BCUT2D eigenvalue weighted by molar-refractivity contribution is 0.0777. The third-order valence-electron chi connectivity index (χ3n) is 6.30. The molecule has 1 atom stereocenters. The number of benzene rings is 2. The van der Waals surface area contributed by atoms with Gasteiger partial charge in [-0.25, -0.2) is 0 Å². The third kappa shape index (κ3) is 4.08. The lowest BCUT2D eigenvalue weighted by Gasteiger charge is -2.25. The highest BCUT2D eigenvalue weighted by Crippen LogP contribution is 2.32. The first-order chi connectivity index (χ1) is 15.6. The number of fused-ring (bicyclic) bond motifs is 2. The molecule has 1 aromatic heterocycles. The summed E-state index contributed by atoms with van der Waals surface area (Å²) in [6, 6.07) is 16.4. The van der Waals surface area contributed by atoms with E-state index in [4.69, 9.17) is 9.47 Å². The molecule has 5 rings (SSSR count). The summed E-state index contributed by atoms with van der Waals surface area (Å²) in [7, 11) is 3.78. The SMILES string of the molecule is CN(Cc1ccccc1)C(=O)c1nn(C)c2c1C[C@H](NCc1ccc3c(c1)OCO3)CC2. The van der Waals surface area contributed by atoms with Crippen LogP contribution in [0.15, 0.2) is 48.5 Å². The predicted molar refractivity (Wildman–Crippen MR) is 121 cm³/mol. The summed E-state index contributed by atoms with van der Waals surface area (Å²) in [5.74, 6) is 1.58. The quantitative estimate of drug-likeness (QED) is 0.648. The molecular formula is C25H28N4O3. The number of hydrogen-bond acceptors (Lipinski definition) is 5. The molecule has 2 aliphatic rings. The highest BCUT2D eigenvalue weighted by molar-refractivity contribution is 5.94. The summed E-state index contributed by atoms with van der Waals surface area (Å²) in [4.78, 5) is 15.0. The summed E-state index contributed by atoms with van der Waals surface area (Å²) in [5, 5.41) is 8.27. The third-order valence-corrected chi connectivity index (χ3v) is 6.30. The summed E-state index contributed by atoms with van der Waals surface area (Å²) in [5.41, 5.74) is 5.09. The van der Waals surface area contributed by atoms with E-state index in [1.54, 1.807) is 4.90 Å². The van der Waals surface area contributed by atoms with Gasteiger partial charge >= 0.3 is 0 Å². The fourth-order valence-electron chi connectivity index (χ4n) is 4.56. The molecule has 166 valence electrons. The van der Waals surface area contributed by atoms with E-state index >= 15 is 0 Å². The molecule has 2 aromatic carbocycles. The summed E-state index contributed by atoms with van der Waals surface area (Å²) in [6.07, 6.45) is 2.73. The van der Waals surface area contributed by atoms with E-state index in [2.05, 4.69) is 16.5 Å². The number of nitrogens with one attached hydrogen (secondary N) is 1. The van der Waals surface area contributed by atoms with Crippen LogP contribution in [0.3, 0.4) is 0 Å². The predicted octanol–water partition coefficient (Wildman–Crippen LogP) is 3.07. The Morgan fingerprint density at radius 3 is 2.81 bits per heavy atom. The van der Waals surface area contributed by atoms with Gasteiger partial charge < -0.3 is 19.7 Å². The molecule has 1 aliphatic carbocycles. The maximum Gasteiger partial charge on any atom is 0.274 e. The number of carbonyl (C=O) groups is 1. The molecule has 7 heteroatoms.